The van der Waals surface area contributed by atoms with Crippen LogP contribution >= 0.6 is 12.2 Å². The standard InChI is InChI=1S/C29H29N5O4S/c1-18-14-19(2)27-23(15-18)31-26(38-27)16-20-6-9-22(10-7-20)30-29(39)32-28(35)21-8-11-24(25(17-21)34(36)37)33-12-4-3-5-13-33/h6-11,14-15,17H,3-5,12-13,16H2,1-2H3,(H2,30,32,35,39). The minimum atomic E-state index is -0.515. The van der Waals surface area contributed by atoms with E-state index in [4.69, 9.17) is 16.6 Å². The molecule has 39 heavy (non-hydrogen) atoms. The zero-order chi connectivity index (χ0) is 27.5. The van der Waals surface area contributed by atoms with Crippen LogP contribution in [0.4, 0.5) is 17.1 Å². The summed E-state index contributed by atoms with van der Waals surface area (Å²) < 4.78 is 5.96. The minimum Gasteiger partial charge on any atom is -0.440 e. The number of nitrogens with zero attached hydrogens (tertiary/aromatic N) is 3. The number of nitrogens with one attached hydrogen (secondary N) is 2. The highest BCUT2D eigenvalue weighted by molar-refractivity contribution is 7.80. The first-order chi connectivity index (χ1) is 18.8. The molecule has 2 heterocycles. The largest absolute Gasteiger partial charge is 0.440 e. The Bertz CT molecular complexity index is 1560. The van der Waals surface area contributed by atoms with Crippen molar-refractivity contribution in [1.29, 1.82) is 0 Å². The van der Waals surface area contributed by atoms with Gasteiger partial charge in [0.25, 0.3) is 11.6 Å². The van der Waals surface area contributed by atoms with E-state index >= 15 is 0 Å². The third-order valence-corrected chi connectivity index (χ3v) is 6.99. The Morgan fingerprint density at radius 3 is 2.54 bits per heavy atom. The van der Waals surface area contributed by atoms with E-state index in [2.05, 4.69) is 21.7 Å². The number of rotatable bonds is 6. The Hall–Kier alpha value is -4.31. The molecule has 200 valence electrons. The van der Waals surface area contributed by atoms with Crippen molar-refractivity contribution in [1.82, 2.24) is 10.3 Å². The predicted octanol–water partition coefficient (Wildman–Crippen LogP) is 6.06. The molecule has 4 aromatic rings. The smallest absolute Gasteiger partial charge is 0.293 e. The van der Waals surface area contributed by atoms with Crippen molar-refractivity contribution in [2.24, 2.45) is 0 Å². The Morgan fingerprint density at radius 1 is 1.08 bits per heavy atom. The van der Waals surface area contributed by atoms with Crippen molar-refractivity contribution in [2.75, 3.05) is 23.3 Å². The van der Waals surface area contributed by atoms with Crippen LogP contribution in [0.15, 0.2) is 59.0 Å². The van der Waals surface area contributed by atoms with Crippen LogP contribution in [0.2, 0.25) is 0 Å². The van der Waals surface area contributed by atoms with Gasteiger partial charge in [-0.15, -0.1) is 0 Å². The summed E-state index contributed by atoms with van der Waals surface area (Å²) in [5.74, 6) is 0.126. The molecule has 0 saturated carbocycles. The summed E-state index contributed by atoms with van der Waals surface area (Å²) in [4.78, 5) is 30.7. The van der Waals surface area contributed by atoms with Gasteiger partial charge in [0.05, 0.1) is 4.92 Å². The number of hydrogen-bond acceptors (Lipinski definition) is 7. The summed E-state index contributed by atoms with van der Waals surface area (Å²) in [5, 5.41) is 17.4. The summed E-state index contributed by atoms with van der Waals surface area (Å²) in [5.41, 5.74) is 6.21. The minimum absolute atomic E-state index is 0.0803. The maximum absolute atomic E-state index is 12.8. The van der Waals surface area contributed by atoms with Crippen LogP contribution in [0.25, 0.3) is 11.1 Å². The number of amides is 1. The first-order valence-electron chi connectivity index (χ1n) is 12.9. The summed E-state index contributed by atoms with van der Waals surface area (Å²) in [6.07, 6.45) is 3.66. The normalized spacial score (nSPS) is 13.3. The molecule has 3 aromatic carbocycles. The van der Waals surface area contributed by atoms with E-state index in [1.807, 2.05) is 49.1 Å². The van der Waals surface area contributed by atoms with Gasteiger partial charge in [0.15, 0.2) is 16.6 Å². The lowest BCUT2D eigenvalue weighted by Crippen LogP contribution is -2.34. The van der Waals surface area contributed by atoms with Gasteiger partial charge in [-0.05, 0) is 92.4 Å². The summed E-state index contributed by atoms with van der Waals surface area (Å²) in [6, 6.07) is 16.2. The number of thiocarbonyl (C=S) groups is 1. The zero-order valence-corrected chi connectivity index (χ0v) is 22.6. The van der Waals surface area contributed by atoms with Crippen LogP contribution < -0.4 is 15.5 Å². The molecule has 1 fully saturated rings. The van der Waals surface area contributed by atoms with Crippen LogP contribution in [0, 0.1) is 24.0 Å². The molecule has 5 rings (SSSR count). The van der Waals surface area contributed by atoms with Gasteiger partial charge in [-0.25, -0.2) is 4.98 Å². The van der Waals surface area contributed by atoms with E-state index < -0.39 is 10.8 Å². The van der Waals surface area contributed by atoms with Gasteiger partial charge < -0.3 is 14.6 Å². The van der Waals surface area contributed by atoms with Crippen molar-refractivity contribution >= 4 is 51.4 Å². The van der Waals surface area contributed by atoms with Crippen LogP contribution in [0.1, 0.15) is 52.2 Å². The van der Waals surface area contributed by atoms with Crippen LogP contribution in [0.5, 0.6) is 0 Å². The third-order valence-electron chi connectivity index (χ3n) is 6.79. The number of fused-ring (bicyclic) bond motifs is 1. The number of piperidine rings is 1. The first-order valence-corrected chi connectivity index (χ1v) is 13.3. The lowest BCUT2D eigenvalue weighted by molar-refractivity contribution is -0.384. The van der Waals surface area contributed by atoms with E-state index in [1.54, 1.807) is 12.1 Å². The topological polar surface area (TPSA) is 114 Å². The molecule has 1 aromatic heterocycles. The zero-order valence-electron chi connectivity index (χ0n) is 21.8. The maximum Gasteiger partial charge on any atom is 0.293 e. The van der Waals surface area contributed by atoms with Gasteiger partial charge in [-0.3, -0.25) is 20.2 Å². The number of benzene rings is 3. The predicted molar refractivity (Wildman–Crippen MR) is 156 cm³/mol. The fourth-order valence-electron chi connectivity index (χ4n) is 4.93. The van der Waals surface area contributed by atoms with E-state index in [1.165, 1.54) is 6.07 Å². The number of aryl methyl sites for hydroxylation is 2. The molecule has 1 aliphatic heterocycles. The quantitative estimate of drug-likeness (QED) is 0.171. The summed E-state index contributed by atoms with van der Waals surface area (Å²) in [6.45, 7) is 5.59. The fraction of sp³-hybridized carbons (Fsp3) is 0.276. The van der Waals surface area contributed by atoms with Gasteiger partial charge in [0, 0.05) is 36.8 Å². The molecule has 0 bridgehead atoms. The molecule has 0 spiro atoms. The van der Waals surface area contributed by atoms with Crippen molar-refractivity contribution in [3.05, 3.63) is 92.9 Å². The van der Waals surface area contributed by atoms with E-state index in [9.17, 15) is 14.9 Å². The lowest BCUT2D eigenvalue weighted by Gasteiger charge is -2.28. The van der Waals surface area contributed by atoms with Gasteiger partial charge in [-0.1, -0.05) is 18.2 Å². The molecule has 9 nitrogen and oxygen atoms in total. The maximum atomic E-state index is 12.8. The second-order valence-electron chi connectivity index (χ2n) is 9.83. The number of nitro benzene ring substituents is 1. The molecule has 1 amide bonds. The van der Waals surface area contributed by atoms with Crippen molar-refractivity contribution < 1.29 is 14.1 Å². The lowest BCUT2D eigenvalue weighted by atomic mass is 10.1. The number of anilines is 2. The Labute approximate surface area is 231 Å². The average Bonchev–Trinajstić information content (AvgIpc) is 3.32. The second-order valence-corrected chi connectivity index (χ2v) is 10.2. The van der Waals surface area contributed by atoms with Gasteiger partial charge in [-0.2, -0.15) is 0 Å². The SMILES string of the molecule is Cc1cc(C)c2oc(Cc3ccc(NC(=S)NC(=O)c4ccc(N5CCCCC5)c([N+](=O)[O-])c4)cc3)nc2c1. The second kappa shape index (κ2) is 11.2. The number of carbonyl (C=O) groups is 1. The first kappa shape index (κ1) is 26.3. The monoisotopic (exact) mass is 543 g/mol. The number of carbonyl (C=O) groups excluding carboxylic acids is 1. The molecular weight excluding hydrogens is 514 g/mol. The Balaban J connectivity index is 1.21. The van der Waals surface area contributed by atoms with Gasteiger partial charge in [0.2, 0.25) is 0 Å². The summed E-state index contributed by atoms with van der Waals surface area (Å²) in [7, 11) is 0. The molecule has 0 radical (unpaired) electrons. The molecule has 0 atom stereocenters. The molecule has 10 heteroatoms. The highest BCUT2D eigenvalue weighted by Crippen LogP contribution is 2.31. The molecular formula is C29H29N5O4S. The third kappa shape index (κ3) is 6.06. The molecule has 1 aliphatic rings. The highest BCUT2D eigenvalue weighted by Gasteiger charge is 2.23. The number of oxazole rings is 1. The van der Waals surface area contributed by atoms with Crippen LogP contribution in [-0.2, 0) is 6.42 Å². The number of hydrogen-bond donors (Lipinski definition) is 2. The Kier molecular flexibility index (Phi) is 7.56. The van der Waals surface area contributed by atoms with Crippen molar-refractivity contribution in [3.63, 3.8) is 0 Å². The molecule has 2 N–H and O–H groups in total. The van der Waals surface area contributed by atoms with Gasteiger partial charge in [0.1, 0.15) is 11.2 Å². The average molecular weight is 544 g/mol. The van der Waals surface area contributed by atoms with E-state index in [0.717, 1.165) is 60.1 Å². The van der Waals surface area contributed by atoms with Crippen LogP contribution in [0.3, 0.4) is 0 Å². The highest BCUT2D eigenvalue weighted by atomic mass is 32.1. The van der Waals surface area contributed by atoms with E-state index in [0.29, 0.717) is 23.7 Å². The molecule has 1 saturated heterocycles. The van der Waals surface area contributed by atoms with Gasteiger partial charge >= 0.3 is 0 Å². The molecule has 0 unspecified atom stereocenters. The number of nitro groups is 1. The molecule has 0 aliphatic carbocycles. The summed E-state index contributed by atoms with van der Waals surface area (Å²) >= 11 is 5.31. The fourth-order valence-corrected chi connectivity index (χ4v) is 5.14. The Morgan fingerprint density at radius 2 is 1.82 bits per heavy atom. The van der Waals surface area contributed by atoms with Crippen molar-refractivity contribution in [2.45, 2.75) is 39.5 Å². The van der Waals surface area contributed by atoms with Crippen LogP contribution in [-0.4, -0.2) is 34.0 Å². The number of aromatic nitrogens is 1. The van der Waals surface area contributed by atoms with E-state index in [-0.39, 0.29) is 16.4 Å². The van der Waals surface area contributed by atoms with Crippen molar-refractivity contribution in [3.8, 4) is 0 Å².